The first-order valence-corrected chi connectivity index (χ1v) is 5.94. The van der Waals surface area contributed by atoms with Crippen molar-refractivity contribution in [3.8, 4) is 0 Å². The molecule has 5 heteroatoms. The molecule has 0 aliphatic carbocycles. The number of rotatable bonds is 8. The number of nitrogens with one attached hydrogen (secondary N) is 1. The van der Waals surface area contributed by atoms with Crippen LogP contribution in [-0.4, -0.2) is 49.1 Å². The minimum Gasteiger partial charge on any atom is -0.481 e. The average Bonchev–Trinajstić information content (AvgIpc) is 2.11. The molecule has 2 N–H and O–H groups in total. The lowest BCUT2D eigenvalue weighted by Crippen LogP contribution is -2.36. The zero-order valence-corrected chi connectivity index (χ0v) is 11.2. The summed E-state index contributed by atoms with van der Waals surface area (Å²) in [5.41, 5.74) is 0. The molecule has 0 aromatic rings. The molecule has 0 bridgehead atoms. The molecule has 0 aromatic carbocycles. The summed E-state index contributed by atoms with van der Waals surface area (Å²) in [7, 11) is 3.64. The van der Waals surface area contributed by atoms with Crippen LogP contribution in [0.15, 0.2) is 0 Å². The molecule has 0 spiro atoms. The Hall–Kier alpha value is -1.10. The van der Waals surface area contributed by atoms with Crippen LogP contribution in [0, 0.1) is 11.8 Å². The van der Waals surface area contributed by atoms with Gasteiger partial charge in [0, 0.05) is 13.0 Å². The maximum absolute atomic E-state index is 11.4. The van der Waals surface area contributed by atoms with Gasteiger partial charge in [-0.25, -0.2) is 0 Å². The fourth-order valence-electron chi connectivity index (χ4n) is 1.75. The number of aliphatic carboxylic acids is 1. The van der Waals surface area contributed by atoms with Gasteiger partial charge < -0.3 is 15.3 Å². The van der Waals surface area contributed by atoms with E-state index in [1.54, 1.807) is 4.90 Å². The number of carbonyl (C=O) groups is 2. The van der Waals surface area contributed by atoms with Gasteiger partial charge in [0.15, 0.2) is 0 Å². The number of nitrogens with zero attached hydrogens (tertiary/aromatic N) is 1. The van der Waals surface area contributed by atoms with Crippen LogP contribution in [0.3, 0.4) is 0 Å². The van der Waals surface area contributed by atoms with Crippen molar-refractivity contribution in [1.29, 1.82) is 0 Å². The third kappa shape index (κ3) is 9.81. The van der Waals surface area contributed by atoms with E-state index in [0.717, 1.165) is 6.42 Å². The Labute approximate surface area is 103 Å². The van der Waals surface area contributed by atoms with Crippen LogP contribution in [0.25, 0.3) is 0 Å². The smallest absolute Gasteiger partial charge is 0.303 e. The highest BCUT2D eigenvalue weighted by Gasteiger charge is 2.16. The lowest BCUT2D eigenvalue weighted by Gasteiger charge is -2.18. The predicted molar refractivity (Wildman–Crippen MR) is 66.8 cm³/mol. The molecule has 1 amide bonds. The summed E-state index contributed by atoms with van der Waals surface area (Å²) in [5.74, 6) is -0.421. The minimum absolute atomic E-state index is 0.0126. The van der Waals surface area contributed by atoms with E-state index in [1.807, 2.05) is 14.1 Å². The SMILES string of the molecule is CC(C)CC(CNC(=O)CN(C)C)CC(=O)O. The van der Waals surface area contributed by atoms with E-state index >= 15 is 0 Å². The van der Waals surface area contributed by atoms with Gasteiger partial charge in [0.2, 0.25) is 5.91 Å². The summed E-state index contributed by atoms with van der Waals surface area (Å²) in [4.78, 5) is 23.9. The Morgan fingerprint density at radius 3 is 2.29 bits per heavy atom. The first-order valence-electron chi connectivity index (χ1n) is 5.94. The first-order chi connectivity index (χ1) is 7.81. The number of hydrogen-bond donors (Lipinski definition) is 2. The van der Waals surface area contributed by atoms with Crippen LogP contribution >= 0.6 is 0 Å². The summed E-state index contributed by atoms with van der Waals surface area (Å²) >= 11 is 0. The quantitative estimate of drug-likeness (QED) is 0.662. The number of carbonyl (C=O) groups excluding carboxylic acids is 1. The zero-order chi connectivity index (χ0) is 13.4. The Kier molecular flexibility index (Phi) is 7.54. The third-order valence-electron chi connectivity index (χ3n) is 2.32. The fraction of sp³-hybridized carbons (Fsp3) is 0.833. The first kappa shape index (κ1) is 15.9. The molecular weight excluding hydrogens is 220 g/mol. The van der Waals surface area contributed by atoms with Crippen LogP contribution in [-0.2, 0) is 9.59 Å². The van der Waals surface area contributed by atoms with Crippen molar-refractivity contribution in [3.63, 3.8) is 0 Å². The zero-order valence-electron chi connectivity index (χ0n) is 11.2. The fourth-order valence-corrected chi connectivity index (χ4v) is 1.75. The van der Waals surface area contributed by atoms with Gasteiger partial charge in [0.25, 0.3) is 0 Å². The molecular formula is C12H24N2O3. The molecule has 0 saturated heterocycles. The largest absolute Gasteiger partial charge is 0.481 e. The molecule has 0 saturated carbocycles. The standard InChI is InChI=1S/C12H24N2O3/c1-9(2)5-10(6-12(16)17)7-13-11(15)8-14(3)4/h9-10H,5-8H2,1-4H3,(H,13,15)(H,16,17). The van der Waals surface area contributed by atoms with Crippen LogP contribution < -0.4 is 5.32 Å². The van der Waals surface area contributed by atoms with Gasteiger partial charge in [-0.05, 0) is 32.4 Å². The van der Waals surface area contributed by atoms with E-state index in [-0.39, 0.29) is 18.2 Å². The van der Waals surface area contributed by atoms with Crippen molar-refractivity contribution in [2.75, 3.05) is 27.2 Å². The Morgan fingerprint density at radius 2 is 1.88 bits per heavy atom. The van der Waals surface area contributed by atoms with Crippen molar-refractivity contribution in [1.82, 2.24) is 10.2 Å². The van der Waals surface area contributed by atoms with Crippen molar-refractivity contribution in [2.45, 2.75) is 26.7 Å². The van der Waals surface area contributed by atoms with Gasteiger partial charge in [0.05, 0.1) is 6.54 Å². The highest BCUT2D eigenvalue weighted by atomic mass is 16.4. The summed E-state index contributed by atoms with van der Waals surface area (Å²) in [6.07, 6.45) is 0.926. The molecule has 17 heavy (non-hydrogen) atoms. The van der Waals surface area contributed by atoms with Crippen LogP contribution in [0.2, 0.25) is 0 Å². The van der Waals surface area contributed by atoms with E-state index in [2.05, 4.69) is 19.2 Å². The summed E-state index contributed by atoms with van der Waals surface area (Å²) < 4.78 is 0. The second kappa shape index (κ2) is 8.06. The van der Waals surface area contributed by atoms with Gasteiger partial charge >= 0.3 is 5.97 Å². The molecule has 5 nitrogen and oxygen atoms in total. The van der Waals surface area contributed by atoms with E-state index in [1.165, 1.54) is 0 Å². The van der Waals surface area contributed by atoms with Crippen molar-refractivity contribution in [2.24, 2.45) is 11.8 Å². The highest BCUT2D eigenvalue weighted by molar-refractivity contribution is 5.78. The van der Waals surface area contributed by atoms with Gasteiger partial charge in [-0.15, -0.1) is 0 Å². The monoisotopic (exact) mass is 244 g/mol. The van der Waals surface area contributed by atoms with Crippen molar-refractivity contribution >= 4 is 11.9 Å². The number of amides is 1. The number of carboxylic acids is 1. The predicted octanol–water partition coefficient (Wildman–Crippen LogP) is 0.801. The molecule has 1 unspecified atom stereocenters. The Bertz CT molecular complexity index is 252. The van der Waals surface area contributed by atoms with E-state index in [9.17, 15) is 9.59 Å². The molecule has 0 radical (unpaired) electrons. The van der Waals surface area contributed by atoms with Gasteiger partial charge in [-0.2, -0.15) is 0 Å². The Morgan fingerprint density at radius 1 is 1.29 bits per heavy atom. The molecule has 1 atom stereocenters. The number of hydrogen-bond acceptors (Lipinski definition) is 3. The maximum Gasteiger partial charge on any atom is 0.303 e. The van der Waals surface area contributed by atoms with E-state index in [0.29, 0.717) is 19.0 Å². The molecule has 0 aromatic heterocycles. The summed E-state index contributed by atoms with van der Waals surface area (Å²) in [6.45, 7) is 4.88. The van der Waals surface area contributed by atoms with Crippen molar-refractivity contribution in [3.05, 3.63) is 0 Å². The number of likely N-dealkylation sites (N-methyl/N-ethyl adjacent to an activating group) is 1. The second-order valence-electron chi connectivity index (χ2n) is 5.14. The minimum atomic E-state index is -0.808. The summed E-state index contributed by atoms with van der Waals surface area (Å²) in [6, 6.07) is 0. The summed E-state index contributed by atoms with van der Waals surface area (Å²) in [5, 5.41) is 11.6. The average molecular weight is 244 g/mol. The van der Waals surface area contributed by atoms with Gasteiger partial charge in [-0.3, -0.25) is 9.59 Å². The third-order valence-corrected chi connectivity index (χ3v) is 2.32. The lowest BCUT2D eigenvalue weighted by atomic mass is 9.94. The van der Waals surface area contributed by atoms with E-state index in [4.69, 9.17) is 5.11 Å². The van der Waals surface area contributed by atoms with Gasteiger partial charge in [-0.1, -0.05) is 13.8 Å². The normalized spacial score (nSPS) is 12.8. The van der Waals surface area contributed by atoms with Crippen molar-refractivity contribution < 1.29 is 14.7 Å². The molecule has 0 fully saturated rings. The molecule has 0 rings (SSSR count). The number of carboxylic acid groups (broad SMARTS) is 1. The molecule has 0 aliphatic heterocycles. The maximum atomic E-state index is 11.4. The second-order valence-corrected chi connectivity index (χ2v) is 5.14. The van der Waals surface area contributed by atoms with E-state index < -0.39 is 5.97 Å². The lowest BCUT2D eigenvalue weighted by molar-refractivity contribution is -0.138. The molecule has 0 aliphatic rings. The van der Waals surface area contributed by atoms with Crippen LogP contribution in [0.4, 0.5) is 0 Å². The molecule has 100 valence electrons. The highest BCUT2D eigenvalue weighted by Crippen LogP contribution is 2.14. The topological polar surface area (TPSA) is 69.6 Å². The van der Waals surface area contributed by atoms with Crippen LogP contribution in [0.1, 0.15) is 26.7 Å². The Balaban J connectivity index is 4.06. The van der Waals surface area contributed by atoms with Gasteiger partial charge in [0.1, 0.15) is 0 Å². The molecule has 0 heterocycles. The van der Waals surface area contributed by atoms with Crippen LogP contribution in [0.5, 0.6) is 0 Å².